The summed E-state index contributed by atoms with van der Waals surface area (Å²) in [6, 6.07) is 15.4. The molecule has 2 aliphatic heterocycles. The van der Waals surface area contributed by atoms with Crippen molar-refractivity contribution in [1.82, 2.24) is 4.90 Å². The van der Waals surface area contributed by atoms with E-state index in [0.717, 1.165) is 24.8 Å². The molecule has 0 aromatic heterocycles. The lowest BCUT2D eigenvalue weighted by Crippen LogP contribution is -2.42. The van der Waals surface area contributed by atoms with Gasteiger partial charge in [-0.05, 0) is 42.9 Å². The average Bonchev–Trinajstić information content (AvgIpc) is 3.19. The average molecular weight is 379 g/mol. The first-order chi connectivity index (χ1) is 13.7. The van der Waals surface area contributed by atoms with Gasteiger partial charge in [-0.1, -0.05) is 36.4 Å². The zero-order valence-electron chi connectivity index (χ0n) is 15.8. The van der Waals surface area contributed by atoms with Crippen molar-refractivity contribution in [1.29, 1.82) is 0 Å². The van der Waals surface area contributed by atoms with E-state index in [1.807, 2.05) is 47.4 Å². The van der Waals surface area contributed by atoms with Gasteiger partial charge in [0.1, 0.15) is 13.2 Å². The Labute approximate surface area is 164 Å². The molecule has 1 saturated heterocycles. The molecule has 28 heavy (non-hydrogen) atoms. The van der Waals surface area contributed by atoms with E-state index in [0.29, 0.717) is 49.3 Å². The summed E-state index contributed by atoms with van der Waals surface area (Å²) in [5.41, 5.74) is 0.654. The topological polar surface area (TPSA) is 59.0 Å². The van der Waals surface area contributed by atoms with Crippen molar-refractivity contribution in [3.05, 3.63) is 59.7 Å². The third kappa shape index (κ3) is 2.76. The molecule has 1 saturated carbocycles. The van der Waals surface area contributed by atoms with Crippen molar-refractivity contribution < 1.29 is 19.4 Å². The number of rotatable bonds is 2. The van der Waals surface area contributed by atoms with Crippen LogP contribution in [-0.2, 0) is 5.60 Å². The summed E-state index contributed by atoms with van der Waals surface area (Å²) in [6.07, 6.45) is 2.78. The molecule has 5 rings (SSSR count). The van der Waals surface area contributed by atoms with E-state index >= 15 is 0 Å². The summed E-state index contributed by atoms with van der Waals surface area (Å²) in [4.78, 5) is 15.2. The van der Waals surface area contributed by atoms with E-state index < -0.39 is 5.60 Å². The highest BCUT2D eigenvalue weighted by atomic mass is 16.6. The van der Waals surface area contributed by atoms with Gasteiger partial charge in [-0.3, -0.25) is 4.79 Å². The molecular weight excluding hydrogens is 354 g/mol. The predicted molar refractivity (Wildman–Crippen MR) is 105 cm³/mol. The van der Waals surface area contributed by atoms with E-state index in [9.17, 15) is 9.90 Å². The second kappa shape index (κ2) is 6.82. The minimum atomic E-state index is -0.866. The van der Waals surface area contributed by atoms with Crippen LogP contribution in [0, 0.1) is 11.8 Å². The first-order valence-corrected chi connectivity index (χ1v) is 10.1. The van der Waals surface area contributed by atoms with Crippen LogP contribution in [-0.4, -0.2) is 42.2 Å². The highest BCUT2D eigenvalue weighted by Gasteiger charge is 2.50. The maximum absolute atomic E-state index is 13.3. The molecule has 1 amide bonds. The minimum Gasteiger partial charge on any atom is -0.486 e. The van der Waals surface area contributed by atoms with Crippen molar-refractivity contribution in [3.63, 3.8) is 0 Å². The second-order valence-electron chi connectivity index (χ2n) is 8.09. The standard InChI is InChI=1S/C23H25NO4/c25-22(18-9-4-10-20-21(18)28-13-12-27-20)24-14-16-6-5-11-23(26,19(16)15-24)17-7-2-1-3-8-17/h1-4,7-10,16,19,26H,5-6,11-15H2/t16-,19+,23+/m1/s1. The molecule has 146 valence electrons. The first kappa shape index (κ1) is 17.6. The number of aliphatic hydroxyl groups is 1. The highest BCUT2D eigenvalue weighted by Crippen LogP contribution is 2.48. The lowest BCUT2D eigenvalue weighted by atomic mass is 9.67. The minimum absolute atomic E-state index is 0.0350. The molecule has 1 aliphatic carbocycles. The Kier molecular flexibility index (Phi) is 4.27. The number of amides is 1. The number of ether oxygens (including phenoxy) is 2. The summed E-state index contributed by atoms with van der Waals surface area (Å²) in [6.45, 7) is 2.21. The smallest absolute Gasteiger partial charge is 0.257 e. The monoisotopic (exact) mass is 379 g/mol. The zero-order valence-corrected chi connectivity index (χ0v) is 15.8. The molecular formula is C23H25NO4. The van der Waals surface area contributed by atoms with Gasteiger partial charge in [-0.15, -0.1) is 0 Å². The number of nitrogens with zero attached hydrogens (tertiary/aromatic N) is 1. The van der Waals surface area contributed by atoms with Crippen LogP contribution in [0.4, 0.5) is 0 Å². The van der Waals surface area contributed by atoms with Crippen LogP contribution in [0.15, 0.2) is 48.5 Å². The van der Waals surface area contributed by atoms with Crippen LogP contribution in [0.5, 0.6) is 11.5 Å². The largest absolute Gasteiger partial charge is 0.486 e. The Hall–Kier alpha value is -2.53. The lowest BCUT2D eigenvalue weighted by Gasteiger charge is -2.41. The maximum Gasteiger partial charge on any atom is 0.257 e. The molecule has 5 nitrogen and oxygen atoms in total. The van der Waals surface area contributed by atoms with E-state index in [4.69, 9.17) is 9.47 Å². The van der Waals surface area contributed by atoms with Gasteiger partial charge in [0.25, 0.3) is 5.91 Å². The Morgan fingerprint density at radius 2 is 1.86 bits per heavy atom. The molecule has 0 radical (unpaired) electrons. The molecule has 2 aromatic carbocycles. The fourth-order valence-electron chi connectivity index (χ4n) is 5.19. The number of likely N-dealkylation sites (tertiary alicyclic amines) is 1. The summed E-state index contributed by atoms with van der Waals surface area (Å²) in [5.74, 6) is 1.53. The van der Waals surface area contributed by atoms with Gasteiger partial charge in [-0.2, -0.15) is 0 Å². The second-order valence-corrected chi connectivity index (χ2v) is 8.09. The van der Waals surface area contributed by atoms with E-state index in [1.54, 1.807) is 6.07 Å². The Balaban J connectivity index is 1.43. The predicted octanol–water partition coefficient (Wildman–Crippen LogP) is 3.22. The van der Waals surface area contributed by atoms with Gasteiger partial charge >= 0.3 is 0 Å². The number of hydrogen-bond acceptors (Lipinski definition) is 4. The molecule has 2 fully saturated rings. The van der Waals surface area contributed by atoms with Crippen molar-refractivity contribution in [2.45, 2.75) is 24.9 Å². The molecule has 3 atom stereocenters. The molecule has 1 N–H and O–H groups in total. The lowest BCUT2D eigenvalue weighted by molar-refractivity contribution is -0.0644. The molecule has 0 unspecified atom stereocenters. The quantitative estimate of drug-likeness (QED) is 0.870. The van der Waals surface area contributed by atoms with Crippen molar-refractivity contribution in [2.24, 2.45) is 11.8 Å². The van der Waals surface area contributed by atoms with Crippen LogP contribution < -0.4 is 9.47 Å². The first-order valence-electron chi connectivity index (χ1n) is 10.1. The number of fused-ring (bicyclic) bond motifs is 2. The van der Waals surface area contributed by atoms with Crippen LogP contribution in [0.2, 0.25) is 0 Å². The van der Waals surface area contributed by atoms with Crippen molar-refractivity contribution in [3.8, 4) is 11.5 Å². The Bertz CT molecular complexity index is 883. The summed E-state index contributed by atoms with van der Waals surface area (Å²) in [7, 11) is 0. The van der Waals surface area contributed by atoms with Crippen molar-refractivity contribution >= 4 is 5.91 Å². The van der Waals surface area contributed by atoms with Gasteiger partial charge in [0, 0.05) is 19.0 Å². The van der Waals surface area contributed by atoms with E-state index in [2.05, 4.69) is 0 Å². The summed E-state index contributed by atoms with van der Waals surface area (Å²) in [5, 5.41) is 11.6. The fraction of sp³-hybridized carbons (Fsp3) is 0.435. The van der Waals surface area contributed by atoms with Crippen LogP contribution in [0.25, 0.3) is 0 Å². The van der Waals surface area contributed by atoms with Gasteiger partial charge in [-0.25, -0.2) is 0 Å². The van der Waals surface area contributed by atoms with Gasteiger partial charge in [0.05, 0.1) is 11.2 Å². The number of benzene rings is 2. The van der Waals surface area contributed by atoms with Gasteiger partial charge < -0.3 is 19.5 Å². The SMILES string of the molecule is O=C(c1cccc2c1OCCO2)N1C[C@H]2CCC[C@](O)(c3ccccc3)[C@H]2C1. The summed E-state index contributed by atoms with van der Waals surface area (Å²) >= 11 is 0. The van der Waals surface area contributed by atoms with Gasteiger partial charge in [0.15, 0.2) is 11.5 Å². The Morgan fingerprint density at radius 1 is 1.04 bits per heavy atom. The maximum atomic E-state index is 13.3. The van der Waals surface area contributed by atoms with E-state index in [-0.39, 0.29) is 11.8 Å². The van der Waals surface area contributed by atoms with E-state index in [1.165, 1.54) is 0 Å². The van der Waals surface area contributed by atoms with Crippen molar-refractivity contribution in [2.75, 3.05) is 26.3 Å². The van der Waals surface area contributed by atoms with Crippen LogP contribution >= 0.6 is 0 Å². The van der Waals surface area contributed by atoms with Crippen LogP contribution in [0.1, 0.15) is 35.2 Å². The molecule has 5 heteroatoms. The molecule has 0 spiro atoms. The normalized spacial score (nSPS) is 28.7. The number of carbonyl (C=O) groups is 1. The Morgan fingerprint density at radius 3 is 2.71 bits per heavy atom. The molecule has 3 aliphatic rings. The fourth-order valence-corrected chi connectivity index (χ4v) is 5.19. The molecule has 2 aromatic rings. The third-order valence-electron chi connectivity index (χ3n) is 6.54. The highest BCUT2D eigenvalue weighted by molar-refractivity contribution is 5.98. The molecule has 0 bridgehead atoms. The third-order valence-corrected chi connectivity index (χ3v) is 6.54. The molecule has 2 heterocycles. The number of hydrogen-bond donors (Lipinski definition) is 1. The number of carbonyl (C=O) groups excluding carboxylic acids is 1. The number of para-hydroxylation sites is 1. The summed E-state index contributed by atoms with van der Waals surface area (Å²) < 4.78 is 11.4. The zero-order chi connectivity index (χ0) is 19.1. The van der Waals surface area contributed by atoms with Crippen LogP contribution in [0.3, 0.4) is 0 Å². The van der Waals surface area contributed by atoms with Gasteiger partial charge in [0.2, 0.25) is 0 Å².